The Morgan fingerprint density at radius 3 is 2.67 bits per heavy atom. The molecule has 1 heterocycles. The Balaban J connectivity index is 1.84. The monoisotopic (exact) mass is 364 g/mol. The number of benzene rings is 1. The third kappa shape index (κ3) is 4.58. The number of hydrogen-bond donors (Lipinski definition) is 1. The molecule has 0 saturated heterocycles. The first-order valence-corrected chi connectivity index (χ1v) is 10.3. The van der Waals surface area contributed by atoms with Crippen molar-refractivity contribution in [3.05, 3.63) is 35.2 Å². The number of nitrogens with one attached hydrogen (secondary N) is 1. The van der Waals surface area contributed by atoms with E-state index in [9.17, 15) is 4.39 Å². The summed E-state index contributed by atoms with van der Waals surface area (Å²) in [6.45, 7) is 6.31. The second kappa shape index (κ2) is 7.54. The first-order chi connectivity index (χ1) is 11.4. The van der Waals surface area contributed by atoms with E-state index in [-0.39, 0.29) is 11.4 Å². The summed E-state index contributed by atoms with van der Waals surface area (Å²) in [5.74, 6) is 0.413. The average Bonchev–Trinajstić information content (AvgIpc) is 3.03. The third-order valence-corrected chi connectivity index (χ3v) is 6.62. The molecule has 1 saturated carbocycles. The molecule has 1 aromatic heterocycles. The summed E-state index contributed by atoms with van der Waals surface area (Å²) in [7, 11) is 0. The van der Waals surface area contributed by atoms with Gasteiger partial charge in [0.15, 0.2) is 0 Å². The number of hydrogen-bond acceptors (Lipinski definition) is 4. The van der Waals surface area contributed by atoms with Crippen LogP contribution in [0.3, 0.4) is 0 Å². The number of aromatic nitrogens is 1. The molecule has 0 atom stereocenters. The van der Waals surface area contributed by atoms with Crippen LogP contribution in [0.25, 0.3) is 10.4 Å². The summed E-state index contributed by atoms with van der Waals surface area (Å²) in [4.78, 5) is 6.74. The Morgan fingerprint density at radius 2 is 1.96 bits per heavy atom. The lowest BCUT2D eigenvalue weighted by molar-refractivity contribution is 0.442. The minimum absolute atomic E-state index is 0.0325. The fourth-order valence-electron chi connectivity index (χ4n) is 2.94. The minimum Gasteiger partial charge on any atom is -0.255 e. The van der Waals surface area contributed by atoms with Crippen LogP contribution >= 0.6 is 23.3 Å². The predicted molar refractivity (Wildman–Crippen MR) is 102 cm³/mol. The fraction of sp³-hybridized carbons (Fsp3) is 0.526. The van der Waals surface area contributed by atoms with Gasteiger partial charge in [-0.1, -0.05) is 19.3 Å². The zero-order chi connectivity index (χ0) is 17.2. The summed E-state index contributed by atoms with van der Waals surface area (Å²) in [6, 6.07) is 5.02. The van der Waals surface area contributed by atoms with E-state index in [0.29, 0.717) is 5.92 Å². The maximum atomic E-state index is 13.7. The van der Waals surface area contributed by atoms with E-state index >= 15 is 0 Å². The molecule has 5 heteroatoms. The van der Waals surface area contributed by atoms with Gasteiger partial charge < -0.3 is 0 Å². The van der Waals surface area contributed by atoms with Gasteiger partial charge in [0, 0.05) is 28.1 Å². The van der Waals surface area contributed by atoms with Crippen LogP contribution in [0.4, 0.5) is 4.39 Å². The van der Waals surface area contributed by atoms with Crippen LogP contribution in [0.15, 0.2) is 29.3 Å². The van der Waals surface area contributed by atoms with Gasteiger partial charge in [-0.05, 0) is 63.8 Å². The lowest BCUT2D eigenvalue weighted by Gasteiger charge is -2.20. The topological polar surface area (TPSA) is 24.9 Å². The molecule has 1 N–H and O–H groups in total. The molecule has 0 amide bonds. The van der Waals surface area contributed by atoms with Gasteiger partial charge in [0.25, 0.3) is 0 Å². The molecule has 2 nitrogen and oxygen atoms in total. The van der Waals surface area contributed by atoms with Crippen molar-refractivity contribution in [3.63, 3.8) is 0 Å². The number of nitrogens with zero attached hydrogens (tertiary/aromatic N) is 1. The highest BCUT2D eigenvalue weighted by Crippen LogP contribution is 2.40. The van der Waals surface area contributed by atoms with E-state index in [2.05, 4.69) is 30.5 Å². The number of rotatable bonds is 4. The van der Waals surface area contributed by atoms with Gasteiger partial charge in [0.05, 0.1) is 9.88 Å². The van der Waals surface area contributed by atoms with Gasteiger partial charge in [0.1, 0.15) is 5.82 Å². The standard InChI is InChI=1S/C19H25FN2S2/c1-19(2,3)22-24-16-11-14(20)9-10-15(16)17-12-21-18(23-17)13-7-5-4-6-8-13/h9-13,22H,4-8H2,1-3H3. The Bertz CT molecular complexity index is 685. The molecule has 0 bridgehead atoms. The second-order valence-corrected chi connectivity index (χ2v) is 9.40. The van der Waals surface area contributed by atoms with Crippen molar-refractivity contribution in [1.29, 1.82) is 0 Å². The summed E-state index contributed by atoms with van der Waals surface area (Å²) < 4.78 is 17.1. The maximum Gasteiger partial charge on any atom is 0.124 e. The Labute approximate surface area is 152 Å². The summed E-state index contributed by atoms with van der Waals surface area (Å²) in [5, 5.41) is 1.24. The van der Waals surface area contributed by atoms with E-state index in [1.165, 1.54) is 55.1 Å². The molecule has 0 radical (unpaired) electrons. The zero-order valence-electron chi connectivity index (χ0n) is 14.6. The molecule has 24 heavy (non-hydrogen) atoms. The smallest absolute Gasteiger partial charge is 0.124 e. The van der Waals surface area contributed by atoms with Crippen molar-refractivity contribution in [3.8, 4) is 10.4 Å². The van der Waals surface area contributed by atoms with E-state index in [1.54, 1.807) is 17.4 Å². The molecule has 130 valence electrons. The van der Waals surface area contributed by atoms with Crippen molar-refractivity contribution >= 4 is 23.3 Å². The summed E-state index contributed by atoms with van der Waals surface area (Å²) in [6.07, 6.45) is 8.45. The SMILES string of the molecule is CC(C)(C)NSc1cc(F)ccc1-c1cnc(C2CCCCC2)s1. The van der Waals surface area contributed by atoms with E-state index < -0.39 is 0 Å². The van der Waals surface area contributed by atoms with Crippen molar-refractivity contribution in [2.75, 3.05) is 0 Å². The van der Waals surface area contributed by atoms with Gasteiger partial charge in [-0.3, -0.25) is 4.72 Å². The molecular weight excluding hydrogens is 339 g/mol. The van der Waals surface area contributed by atoms with Crippen molar-refractivity contribution in [1.82, 2.24) is 9.71 Å². The van der Waals surface area contributed by atoms with E-state index in [4.69, 9.17) is 0 Å². The van der Waals surface area contributed by atoms with Crippen LogP contribution in [0, 0.1) is 5.82 Å². The molecule has 0 spiro atoms. The van der Waals surface area contributed by atoms with Gasteiger partial charge >= 0.3 is 0 Å². The van der Waals surface area contributed by atoms with E-state index in [1.807, 2.05) is 12.3 Å². The highest BCUT2D eigenvalue weighted by atomic mass is 32.2. The quantitative estimate of drug-likeness (QED) is 0.636. The highest BCUT2D eigenvalue weighted by molar-refractivity contribution is 7.97. The number of thiazole rings is 1. The van der Waals surface area contributed by atoms with Crippen LogP contribution in [-0.2, 0) is 0 Å². The fourth-order valence-corrected chi connectivity index (χ4v) is 5.01. The lowest BCUT2D eigenvalue weighted by Crippen LogP contribution is -2.29. The average molecular weight is 365 g/mol. The molecule has 1 aliphatic rings. The second-order valence-electron chi connectivity index (χ2n) is 7.49. The van der Waals surface area contributed by atoms with Gasteiger partial charge in [-0.2, -0.15) is 0 Å². The maximum absolute atomic E-state index is 13.7. The summed E-state index contributed by atoms with van der Waals surface area (Å²) >= 11 is 3.27. The third-order valence-electron chi connectivity index (χ3n) is 4.15. The molecule has 0 aliphatic heterocycles. The lowest BCUT2D eigenvalue weighted by atomic mass is 9.90. The van der Waals surface area contributed by atoms with Crippen molar-refractivity contribution in [2.45, 2.75) is 69.2 Å². The van der Waals surface area contributed by atoms with E-state index in [0.717, 1.165) is 15.3 Å². The van der Waals surface area contributed by atoms with Crippen LogP contribution in [0.2, 0.25) is 0 Å². The van der Waals surface area contributed by atoms with Crippen LogP contribution < -0.4 is 4.72 Å². The van der Waals surface area contributed by atoms with Gasteiger partial charge in [-0.15, -0.1) is 11.3 Å². The predicted octanol–water partition coefficient (Wildman–Crippen LogP) is 6.39. The highest BCUT2D eigenvalue weighted by Gasteiger charge is 2.20. The van der Waals surface area contributed by atoms with Crippen LogP contribution in [0.5, 0.6) is 0 Å². The van der Waals surface area contributed by atoms with Gasteiger partial charge in [0.2, 0.25) is 0 Å². The van der Waals surface area contributed by atoms with Gasteiger partial charge in [-0.25, -0.2) is 9.37 Å². The molecule has 0 unspecified atom stereocenters. The zero-order valence-corrected chi connectivity index (χ0v) is 16.2. The minimum atomic E-state index is -0.200. The first kappa shape index (κ1) is 17.9. The number of halogens is 1. The normalized spacial score (nSPS) is 16.5. The van der Waals surface area contributed by atoms with Crippen molar-refractivity contribution in [2.24, 2.45) is 0 Å². The van der Waals surface area contributed by atoms with Crippen LogP contribution in [-0.4, -0.2) is 10.5 Å². The molecule has 1 fully saturated rings. The Morgan fingerprint density at radius 1 is 1.21 bits per heavy atom. The molecule has 3 rings (SSSR count). The molecular formula is C19H25FN2S2. The summed E-state index contributed by atoms with van der Waals surface area (Å²) in [5.41, 5.74) is 1.03. The van der Waals surface area contributed by atoms with Crippen LogP contribution in [0.1, 0.15) is 63.8 Å². The Hall–Kier alpha value is -0.910. The molecule has 1 aliphatic carbocycles. The first-order valence-electron chi connectivity index (χ1n) is 8.62. The van der Waals surface area contributed by atoms with Crippen molar-refractivity contribution < 1.29 is 4.39 Å². The molecule has 1 aromatic carbocycles. The molecule has 2 aromatic rings. The Kier molecular flexibility index (Phi) is 5.63. The largest absolute Gasteiger partial charge is 0.255 e.